The lowest BCUT2D eigenvalue weighted by atomic mass is 10.1. The normalized spacial score (nSPS) is 14.7. The van der Waals surface area contributed by atoms with E-state index in [0.717, 1.165) is 30.0 Å². The number of carbonyl (C=O) groups excluding carboxylic acids is 2. The van der Waals surface area contributed by atoms with Crippen LogP contribution in [0.2, 0.25) is 0 Å². The van der Waals surface area contributed by atoms with Crippen molar-refractivity contribution >= 4 is 79.9 Å². The smallest absolute Gasteiger partial charge is 0.298 e. The fraction of sp³-hybridized carbons (Fsp3) is 0.0417. The molecule has 0 unspecified atom stereocenters. The van der Waals surface area contributed by atoms with Crippen molar-refractivity contribution in [1.29, 1.82) is 5.26 Å². The van der Waals surface area contributed by atoms with Crippen LogP contribution in [0, 0.1) is 18.5 Å². The monoisotopic (exact) mass is 664 g/mol. The first kappa shape index (κ1) is 22.8. The molecule has 2 amide bonds. The van der Waals surface area contributed by atoms with Gasteiger partial charge in [-0.05, 0) is 98.9 Å². The fourth-order valence-electron chi connectivity index (χ4n) is 3.12. The van der Waals surface area contributed by atoms with Crippen LogP contribution in [0.3, 0.4) is 0 Å². The van der Waals surface area contributed by atoms with Gasteiger partial charge in [0.05, 0.1) is 29.4 Å². The Kier molecular flexibility index (Phi) is 7.17. The SMILES string of the molecule is N#Cc1ccccc1COc1c(I)cc(/C=C2\SC(=O)N(c3ccccc3)C2=O)cc1I. The summed E-state index contributed by atoms with van der Waals surface area (Å²) < 4.78 is 7.76. The fourth-order valence-corrected chi connectivity index (χ4v) is 6.09. The number of para-hydroxylation sites is 1. The molecule has 1 fully saturated rings. The molecule has 0 atom stereocenters. The van der Waals surface area contributed by atoms with Crippen LogP contribution in [0.5, 0.6) is 5.75 Å². The van der Waals surface area contributed by atoms with Crippen molar-refractivity contribution in [3.63, 3.8) is 0 Å². The van der Waals surface area contributed by atoms with E-state index < -0.39 is 0 Å². The lowest BCUT2D eigenvalue weighted by Gasteiger charge is -2.13. The summed E-state index contributed by atoms with van der Waals surface area (Å²) >= 11 is 5.31. The van der Waals surface area contributed by atoms with Crippen molar-refractivity contribution in [2.45, 2.75) is 6.61 Å². The van der Waals surface area contributed by atoms with Crippen LogP contribution in [0.25, 0.3) is 6.08 Å². The second-order valence-corrected chi connectivity index (χ2v) is 10.0. The molecule has 0 spiro atoms. The van der Waals surface area contributed by atoms with E-state index in [4.69, 9.17) is 4.74 Å². The van der Waals surface area contributed by atoms with Gasteiger partial charge < -0.3 is 4.74 Å². The van der Waals surface area contributed by atoms with Crippen LogP contribution in [-0.4, -0.2) is 11.1 Å². The van der Waals surface area contributed by atoms with Gasteiger partial charge in [0.1, 0.15) is 12.4 Å². The Morgan fingerprint density at radius 2 is 1.66 bits per heavy atom. The van der Waals surface area contributed by atoms with Crippen LogP contribution in [0.4, 0.5) is 10.5 Å². The molecule has 3 aromatic carbocycles. The Labute approximate surface area is 216 Å². The Balaban J connectivity index is 1.56. The highest BCUT2D eigenvalue weighted by Crippen LogP contribution is 2.37. The predicted molar refractivity (Wildman–Crippen MR) is 142 cm³/mol. The minimum absolute atomic E-state index is 0.283. The van der Waals surface area contributed by atoms with Gasteiger partial charge in [0.15, 0.2) is 0 Å². The zero-order valence-electron chi connectivity index (χ0n) is 16.4. The lowest BCUT2D eigenvalue weighted by molar-refractivity contribution is -0.113. The molecule has 3 aromatic rings. The van der Waals surface area contributed by atoms with Crippen LogP contribution in [0.15, 0.2) is 71.6 Å². The Bertz CT molecular complexity index is 1260. The van der Waals surface area contributed by atoms with E-state index in [1.165, 1.54) is 4.90 Å². The third-order valence-corrected chi connectivity index (χ3v) is 7.11. The van der Waals surface area contributed by atoms with E-state index in [-0.39, 0.29) is 17.8 Å². The van der Waals surface area contributed by atoms with Gasteiger partial charge in [-0.2, -0.15) is 5.26 Å². The number of ether oxygens (including phenoxy) is 1. The molecule has 0 bridgehead atoms. The molecule has 32 heavy (non-hydrogen) atoms. The number of thioether (sulfide) groups is 1. The maximum absolute atomic E-state index is 12.8. The number of carbonyl (C=O) groups is 2. The summed E-state index contributed by atoms with van der Waals surface area (Å²) in [5.41, 5.74) is 2.77. The van der Waals surface area contributed by atoms with E-state index in [9.17, 15) is 14.9 Å². The number of imide groups is 1. The number of rotatable bonds is 5. The van der Waals surface area contributed by atoms with Crippen LogP contribution < -0.4 is 9.64 Å². The van der Waals surface area contributed by atoms with Gasteiger partial charge in [-0.25, -0.2) is 4.90 Å². The number of hydrogen-bond donors (Lipinski definition) is 0. The lowest BCUT2D eigenvalue weighted by Crippen LogP contribution is -2.27. The summed E-state index contributed by atoms with van der Waals surface area (Å²) in [6.45, 7) is 0.283. The predicted octanol–water partition coefficient (Wildman–Crippen LogP) is 6.59. The topological polar surface area (TPSA) is 70.4 Å². The third kappa shape index (κ3) is 4.84. The molecule has 1 saturated heterocycles. The standard InChI is InChI=1S/C24H14I2N2O3S/c25-19-10-15(11-20(26)22(19)31-14-17-7-5-4-6-16(17)13-27)12-21-23(29)28(24(30)32-21)18-8-2-1-3-9-18/h1-12H,14H2/b21-12-. The van der Waals surface area contributed by atoms with E-state index in [0.29, 0.717) is 21.9 Å². The number of hydrogen-bond acceptors (Lipinski definition) is 5. The maximum atomic E-state index is 12.8. The average Bonchev–Trinajstić information content (AvgIpc) is 3.06. The Morgan fingerprint density at radius 3 is 2.34 bits per heavy atom. The quantitative estimate of drug-likeness (QED) is 0.228. The summed E-state index contributed by atoms with van der Waals surface area (Å²) in [7, 11) is 0. The molecule has 0 aromatic heterocycles. The van der Waals surface area contributed by atoms with Gasteiger partial charge in [-0.3, -0.25) is 9.59 Å². The number of nitrogens with zero attached hydrogens (tertiary/aromatic N) is 2. The molecule has 4 rings (SSSR count). The Hall–Kier alpha value is -2.36. The largest absolute Gasteiger partial charge is 0.487 e. The van der Waals surface area contributed by atoms with E-state index >= 15 is 0 Å². The molecule has 0 radical (unpaired) electrons. The van der Waals surface area contributed by atoms with Crippen molar-refractivity contribution in [2.75, 3.05) is 4.90 Å². The first-order chi connectivity index (χ1) is 15.5. The average molecular weight is 664 g/mol. The number of anilines is 1. The first-order valence-electron chi connectivity index (χ1n) is 9.41. The maximum Gasteiger partial charge on any atom is 0.298 e. The first-order valence-corrected chi connectivity index (χ1v) is 12.4. The van der Waals surface area contributed by atoms with Crippen molar-refractivity contribution in [3.05, 3.63) is 95.5 Å². The van der Waals surface area contributed by atoms with Crippen LogP contribution >= 0.6 is 56.9 Å². The number of nitriles is 1. The van der Waals surface area contributed by atoms with Gasteiger partial charge in [0.2, 0.25) is 0 Å². The van der Waals surface area contributed by atoms with Crippen molar-refractivity contribution in [2.24, 2.45) is 0 Å². The highest BCUT2D eigenvalue weighted by atomic mass is 127. The highest BCUT2D eigenvalue weighted by molar-refractivity contribution is 14.1. The zero-order chi connectivity index (χ0) is 22.7. The summed E-state index contributed by atoms with van der Waals surface area (Å²) in [4.78, 5) is 26.8. The van der Waals surface area contributed by atoms with Gasteiger partial charge >= 0.3 is 0 Å². The number of halogens is 2. The molecule has 1 aliphatic heterocycles. The van der Waals surface area contributed by atoms with E-state index in [2.05, 4.69) is 51.3 Å². The molecule has 0 N–H and O–H groups in total. The molecule has 0 aliphatic carbocycles. The van der Waals surface area contributed by atoms with E-state index in [1.54, 1.807) is 36.4 Å². The molecule has 1 heterocycles. The number of amides is 2. The summed E-state index contributed by atoms with van der Waals surface area (Å²) in [6.07, 6.45) is 1.73. The molecule has 158 valence electrons. The summed E-state index contributed by atoms with van der Waals surface area (Å²) in [5, 5.41) is 8.94. The van der Waals surface area contributed by atoms with Gasteiger partial charge in [-0.1, -0.05) is 36.4 Å². The van der Waals surface area contributed by atoms with Crippen molar-refractivity contribution in [3.8, 4) is 11.8 Å². The second kappa shape index (κ2) is 10.1. The molecule has 8 heteroatoms. The molecule has 5 nitrogen and oxygen atoms in total. The van der Waals surface area contributed by atoms with E-state index in [1.807, 2.05) is 36.4 Å². The Morgan fingerprint density at radius 1 is 1.00 bits per heavy atom. The van der Waals surface area contributed by atoms with Crippen LogP contribution in [-0.2, 0) is 11.4 Å². The van der Waals surface area contributed by atoms with Crippen molar-refractivity contribution in [1.82, 2.24) is 0 Å². The molecule has 0 saturated carbocycles. The van der Waals surface area contributed by atoms with Crippen molar-refractivity contribution < 1.29 is 14.3 Å². The van der Waals surface area contributed by atoms with Gasteiger partial charge in [0.25, 0.3) is 11.1 Å². The minimum atomic E-state index is -0.329. The summed E-state index contributed by atoms with van der Waals surface area (Å²) in [6, 6.07) is 22.2. The molecular weight excluding hydrogens is 650 g/mol. The summed E-state index contributed by atoms with van der Waals surface area (Å²) in [5.74, 6) is 0.387. The highest BCUT2D eigenvalue weighted by Gasteiger charge is 2.36. The second-order valence-electron chi connectivity index (χ2n) is 6.72. The molecule has 1 aliphatic rings. The van der Waals surface area contributed by atoms with Gasteiger partial charge in [-0.15, -0.1) is 0 Å². The minimum Gasteiger partial charge on any atom is -0.487 e. The molecular formula is C24H14I2N2O3S. The zero-order valence-corrected chi connectivity index (χ0v) is 21.6. The number of benzene rings is 3. The third-order valence-electron chi connectivity index (χ3n) is 4.64. The van der Waals surface area contributed by atoms with Gasteiger partial charge in [0, 0.05) is 5.56 Å². The van der Waals surface area contributed by atoms with Crippen LogP contribution in [0.1, 0.15) is 16.7 Å².